The van der Waals surface area contributed by atoms with Crippen LogP contribution in [-0.4, -0.2) is 15.5 Å². The van der Waals surface area contributed by atoms with E-state index >= 15 is 0 Å². The van der Waals surface area contributed by atoms with Crippen molar-refractivity contribution in [2.24, 2.45) is 5.92 Å². The van der Waals surface area contributed by atoms with E-state index in [0.29, 0.717) is 18.8 Å². The van der Waals surface area contributed by atoms with E-state index in [1.807, 2.05) is 12.5 Å². The van der Waals surface area contributed by atoms with Gasteiger partial charge in [0.05, 0.1) is 24.3 Å². The molecule has 0 aromatic carbocycles. The molecule has 1 saturated carbocycles. The van der Waals surface area contributed by atoms with E-state index in [2.05, 4.69) is 21.0 Å². The Morgan fingerprint density at radius 2 is 2.11 bits per heavy atom. The number of alkyl halides is 2. The van der Waals surface area contributed by atoms with Crippen molar-refractivity contribution in [3.63, 3.8) is 0 Å². The summed E-state index contributed by atoms with van der Waals surface area (Å²) in [5, 5.41) is 2.09. The van der Waals surface area contributed by atoms with Crippen molar-refractivity contribution >= 4 is 11.3 Å². The second-order valence-electron chi connectivity index (χ2n) is 5.52. The molecule has 19 heavy (non-hydrogen) atoms. The zero-order chi connectivity index (χ0) is 13.0. The first-order chi connectivity index (χ1) is 9.16. The summed E-state index contributed by atoms with van der Waals surface area (Å²) in [6.07, 6.45) is 4.99. The quantitative estimate of drug-likeness (QED) is 0.759. The van der Waals surface area contributed by atoms with Crippen LogP contribution in [0.25, 0.3) is 11.3 Å². The highest BCUT2D eigenvalue weighted by molar-refractivity contribution is 7.10. The summed E-state index contributed by atoms with van der Waals surface area (Å²) in [4.78, 5) is 5.54. The van der Waals surface area contributed by atoms with Crippen LogP contribution in [0.2, 0.25) is 0 Å². The monoisotopic (exact) mass is 280 g/mol. The van der Waals surface area contributed by atoms with E-state index in [-0.39, 0.29) is 18.9 Å². The minimum Gasteiger partial charge on any atom is -0.322 e. The Morgan fingerprint density at radius 3 is 2.89 bits per heavy atom. The van der Waals surface area contributed by atoms with E-state index in [0.717, 1.165) is 5.69 Å². The minimum absolute atomic E-state index is 0.0267. The summed E-state index contributed by atoms with van der Waals surface area (Å²) in [6, 6.07) is 2.34. The topological polar surface area (TPSA) is 17.8 Å². The van der Waals surface area contributed by atoms with Gasteiger partial charge in [-0.25, -0.2) is 13.8 Å². The Bertz CT molecular complexity index is 566. The molecule has 4 rings (SSSR count). The van der Waals surface area contributed by atoms with Crippen molar-refractivity contribution in [3.8, 4) is 11.3 Å². The first kappa shape index (κ1) is 11.6. The number of hydrogen-bond donors (Lipinski definition) is 0. The first-order valence-corrected chi connectivity index (χ1v) is 7.51. The van der Waals surface area contributed by atoms with Crippen LogP contribution in [0.3, 0.4) is 0 Å². The van der Waals surface area contributed by atoms with E-state index in [4.69, 9.17) is 0 Å². The molecule has 2 nitrogen and oxygen atoms in total. The Balaban J connectivity index is 1.70. The van der Waals surface area contributed by atoms with Crippen LogP contribution in [-0.2, 0) is 0 Å². The molecule has 3 heterocycles. The van der Waals surface area contributed by atoms with Crippen molar-refractivity contribution < 1.29 is 8.78 Å². The normalized spacial score (nSPS) is 25.3. The number of nitrogens with zero attached hydrogens (tertiary/aromatic N) is 2. The fourth-order valence-corrected chi connectivity index (χ4v) is 4.54. The molecule has 2 aliphatic rings. The van der Waals surface area contributed by atoms with Crippen LogP contribution in [0.5, 0.6) is 0 Å². The van der Waals surface area contributed by atoms with Crippen LogP contribution < -0.4 is 0 Å². The lowest BCUT2D eigenvalue weighted by Crippen LogP contribution is -2.29. The molecule has 0 amide bonds. The molecule has 1 atom stereocenters. The summed E-state index contributed by atoms with van der Waals surface area (Å²) in [7, 11) is 0. The van der Waals surface area contributed by atoms with Gasteiger partial charge in [-0.2, -0.15) is 0 Å². The van der Waals surface area contributed by atoms with Gasteiger partial charge in [-0.3, -0.25) is 0 Å². The number of rotatable bonds is 1. The zero-order valence-electron chi connectivity index (χ0n) is 10.4. The zero-order valence-corrected chi connectivity index (χ0v) is 11.2. The van der Waals surface area contributed by atoms with Gasteiger partial charge >= 0.3 is 0 Å². The maximum Gasteiger partial charge on any atom is 0.248 e. The van der Waals surface area contributed by atoms with Crippen LogP contribution in [0.1, 0.15) is 36.6 Å². The lowest BCUT2D eigenvalue weighted by molar-refractivity contribution is -0.0492. The van der Waals surface area contributed by atoms with Gasteiger partial charge in [-0.1, -0.05) is 0 Å². The fourth-order valence-electron chi connectivity index (χ4n) is 3.44. The number of imidazole rings is 1. The molecule has 0 N–H and O–H groups in total. The third kappa shape index (κ3) is 1.67. The highest BCUT2D eigenvalue weighted by atomic mass is 32.1. The first-order valence-electron chi connectivity index (χ1n) is 6.63. The summed E-state index contributed by atoms with van der Waals surface area (Å²) >= 11 is 1.74. The lowest BCUT2D eigenvalue weighted by atomic mass is 9.81. The van der Waals surface area contributed by atoms with Crippen molar-refractivity contribution in [2.45, 2.75) is 37.6 Å². The Kier molecular flexibility index (Phi) is 2.37. The Hall–Kier alpha value is -1.23. The number of aromatic nitrogens is 2. The van der Waals surface area contributed by atoms with Gasteiger partial charge in [0.2, 0.25) is 5.92 Å². The van der Waals surface area contributed by atoms with Crippen molar-refractivity contribution in [3.05, 3.63) is 28.8 Å². The van der Waals surface area contributed by atoms with Gasteiger partial charge in [-0.05, 0) is 30.2 Å². The maximum absolute atomic E-state index is 13.3. The molecular formula is C14H14F2N2S. The van der Waals surface area contributed by atoms with Crippen molar-refractivity contribution in [1.82, 2.24) is 9.55 Å². The van der Waals surface area contributed by atoms with Gasteiger partial charge < -0.3 is 4.57 Å². The molecule has 100 valence electrons. The van der Waals surface area contributed by atoms with Crippen LogP contribution in [0.15, 0.2) is 24.0 Å². The predicted molar refractivity (Wildman–Crippen MR) is 70.6 cm³/mol. The van der Waals surface area contributed by atoms with Crippen molar-refractivity contribution in [2.75, 3.05) is 0 Å². The number of fused-ring (bicyclic) bond motifs is 3. The van der Waals surface area contributed by atoms with Crippen LogP contribution in [0, 0.1) is 5.92 Å². The largest absolute Gasteiger partial charge is 0.322 e. The van der Waals surface area contributed by atoms with Gasteiger partial charge in [0.15, 0.2) is 0 Å². The molecule has 1 aliphatic heterocycles. The van der Waals surface area contributed by atoms with Crippen LogP contribution in [0.4, 0.5) is 8.78 Å². The standard InChI is InChI=1S/C14H14F2N2S/c15-14(16)4-1-9(2-5-14)12-13-10(3-6-19-13)11-7-17-8-18(11)12/h3,6-9,12H,1-2,4-5H2/t12-/m1/s1. The minimum atomic E-state index is -2.45. The molecular weight excluding hydrogens is 266 g/mol. The third-order valence-corrected chi connectivity index (χ3v) is 5.40. The fraction of sp³-hybridized carbons (Fsp3) is 0.500. The summed E-state index contributed by atoms with van der Waals surface area (Å²) in [5.41, 5.74) is 2.38. The van der Waals surface area contributed by atoms with E-state index in [1.165, 1.54) is 10.4 Å². The molecule has 0 unspecified atom stereocenters. The van der Waals surface area contributed by atoms with Crippen LogP contribution >= 0.6 is 11.3 Å². The van der Waals surface area contributed by atoms with E-state index in [1.54, 1.807) is 11.3 Å². The predicted octanol–water partition coefficient (Wildman–Crippen LogP) is 4.34. The lowest BCUT2D eigenvalue weighted by Gasteiger charge is -2.32. The smallest absolute Gasteiger partial charge is 0.248 e. The van der Waals surface area contributed by atoms with Gasteiger partial charge in [0.25, 0.3) is 0 Å². The molecule has 2 aromatic rings. The summed E-state index contributed by atoms with van der Waals surface area (Å²) < 4.78 is 28.8. The molecule has 0 radical (unpaired) electrons. The van der Waals surface area contributed by atoms with Gasteiger partial charge in [0.1, 0.15) is 0 Å². The summed E-state index contributed by atoms with van der Waals surface area (Å²) in [5.74, 6) is -2.14. The number of halogens is 2. The van der Waals surface area contributed by atoms with Gasteiger partial charge in [-0.15, -0.1) is 11.3 Å². The second-order valence-corrected chi connectivity index (χ2v) is 6.47. The molecule has 2 aromatic heterocycles. The highest BCUT2D eigenvalue weighted by Crippen LogP contribution is 2.50. The molecule has 0 saturated heterocycles. The van der Waals surface area contributed by atoms with E-state index < -0.39 is 5.92 Å². The average molecular weight is 280 g/mol. The number of thiophene rings is 1. The molecule has 0 bridgehead atoms. The second kappa shape index (κ2) is 3.88. The summed E-state index contributed by atoms with van der Waals surface area (Å²) in [6.45, 7) is 0. The molecule has 1 aliphatic carbocycles. The highest BCUT2D eigenvalue weighted by Gasteiger charge is 2.42. The third-order valence-electron chi connectivity index (χ3n) is 4.41. The average Bonchev–Trinajstić information content (AvgIpc) is 3.02. The van der Waals surface area contributed by atoms with E-state index in [9.17, 15) is 8.78 Å². The maximum atomic E-state index is 13.3. The number of hydrogen-bond acceptors (Lipinski definition) is 2. The van der Waals surface area contributed by atoms with Crippen molar-refractivity contribution in [1.29, 1.82) is 0 Å². The molecule has 1 fully saturated rings. The van der Waals surface area contributed by atoms with Gasteiger partial charge in [0, 0.05) is 23.3 Å². The Labute approximate surface area is 114 Å². The SMILES string of the molecule is FC1(F)CCC([C@@H]2c3sccc3-c3cncn32)CC1. The molecule has 0 spiro atoms. The molecule has 5 heteroatoms. The Morgan fingerprint density at radius 1 is 1.32 bits per heavy atom.